The van der Waals surface area contributed by atoms with E-state index in [0.717, 1.165) is 0 Å². The molecule has 12 heavy (non-hydrogen) atoms. The second-order valence-corrected chi connectivity index (χ2v) is 1.48. The van der Waals surface area contributed by atoms with Crippen LogP contribution in [0.2, 0.25) is 0 Å². The van der Waals surface area contributed by atoms with Gasteiger partial charge in [0.25, 0.3) is 0 Å². The van der Waals surface area contributed by atoms with Crippen LogP contribution in [0.3, 0.4) is 0 Å². The van der Waals surface area contributed by atoms with E-state index < -0.39 is 0 Å². The van der Waals surface area contributed by atoms with Crippen molar-refractivity contribution < 1.29 is 5.11 Å². The molecule has 0 fully saturated rings. The number of hydrogen-bond acceptors (Lipinski definition) is 2. The topological polar surface area (TPSA) is 33.1 Å². The van der Waals surface area contributed by atoms with Crippen molar-refractivity contribution >= 4 is 0 Å². The summed E-state index contributed by atoms with van der Waals surface area (Å²) in [5, 5.41) is 8.48. The van der Waals surface area contributed by atoms with Crippen LogP contribution in [0.5, 0.6) is 0 Å². The second kappa shape index (κ2) is 12.5. The van der Waals surface area contributed by atoms with Gasteiger partial charge in [0.1, 0.15) is 0 Å². The van der Waals surface area contributed by atoms with Gasteiger partial charge in [0.05, 0.1) is 12.3 Å². The SMILES string of the molecule is C=C.CC.OCc1ccccn1. The molecule has 1 aromatic rings. The summed E-state index contributed by atoms with van der Waals surface area (Å²) in [5.74, 6) is 0. The van der Waals surface area contributed by atoms with Gasteiger partial charge in [0, 0.05) is 6.20 Å². The fourth-order valence-corrected chi connectivity index (χ4v) is 0.492. The number of nitrogens with zero attached hydrogens (tertiary/aromatic N) is 1. The minimum atomic E-state index is 0.0286. The first-order chi connectivity index (χ1) is 5.93. The summed E-state index contributed by atoms with van der Waals surface area (Å²) in [7, 11) is 0. The Bertz CT molecular complexity index is 163. The molecule has 1 heterocycles. The Hall–Kier alpha value is -1.15. The molecule has 1 N–H and O–H groups in total. The summed E-state index contributed by atoms with van der Waals surface area (Å²) in [6.07, 6.45) is 1.66. The van der Waals surface area contributed by atoms with Crippen LogP contribution in [0.25, 0.3) is 0 Å². The van der Waals surface area contributed by atoms with E-state index in [1.54, 1.807) is 12.3 Å². The Balaban J connectivity index is 0. The lowest BCUT2D eigenvalue weighted by Crippen LogP contribution is -1.84. The number of aliphatic hydroxyl groups is 1. The molecular weight excluding hydrogens is 150 g/mol. The molecule has 0 aliphatic heterocycles. The average molecular weight is 167 g/mol. The van der Waals surface area contributed by atoms with E-state index in [1.807, 2.05) is 26.0 Å². The van der Waals surface area contributed by atoms with E-state index in [0.29, 0.717) is 5.69 Å². The fraction of sp³-hybridized carbons (Fsp3) is 0.300. The van der Waals surface area contributed by atoms with Crippen LogP contribution in [-0.2, 0) is 6.61 Å². The first-order valence-corrected chi connectivity index (χ1v) is 3.94. The molecule has 0 radical (unpaired) electrons. The summed E-state index contributed by atoms with van der Waals surface area (Å²) in [4.78, 5) is 3.85. The predicted molar refractivity (Wildman–Crippen MR) is 52.8 cm³/mol. The molecule has 0 bridgehead atoms. The molecule has 0 amide bonds. The normalized spacial score (nSPS) is 6.92. The number of aromatic nitrogens is 1. The van der Waals surface area contributed by atoms with Gasteiger partial charge in [-0.2, -0.15) is 0 Å². The van der Waals surface area contributed by atoms with E-state index in [1.165, 1.54) is 0 Å². The summed E-state index contributed by atoms with van der Waals surface area (Å²) >= 11 is 0. The van der Waals surface area contributed by atoms with Gasteiger partial charge in [-0.25, -0.2) is 0 Å². The number of rotatable bonds is 1. The maximum Gasteiger partial charge on any atom is 0.0852 e. The molecule has 1 aromatic heterocycles. The summed E-state index contributed by atoms with van der Waals surface area (Å²) in [5.41, 5.74) is 0.715. The van der Waals surface area contributed by atoms with Crippen molar-refractivity contribution in [2.75, 3.05) is 0 Å². The highest BCUT2D eigenvalue weighted by molar-refractivity contribution is 5.01. The van der Waals surface area contributed by atoms with Crippen LogP contribution >= 0.6 is 0 Å². The predicted octanol–water partition coefficient (Wildman–Crippen LogP) is 2.40. The highest BCUT2D eigenvalue weighted by Gasteiger charge is 1.82. The van der Waals surface area contributed by atoms with Gasteiger partial charge in [-0.1, -0.05) is 19.9 Å². The fourth-order valence-electron chi connectivity index (χ4n) is 0.492. The third-order valence-corrected chi connectivity index (χ3v) is 0.888. The van der Waals surface area contributed by atoms with Crippen molar-refractivity contribution in [3.05, 3.63) is 43.2 Å². The highest BCUT2D eigenvalue weighted by Crippen LogP contribution is 1.89. The Labute approximate surface area is 74.6 Å². The smallest absolute Gasteiger partial charge is 0.0852 e. The Morgan fingerprint density at radius 3 is 2.17 bits per heavy atom. The molecule has 0 spiro atoms. The third kappa shape index (κ3) is 6.96. The lowest BCUT2D eigenvalue weighted by molar-refractivity contribution is 0.277. The first-order valence-electron chi connectivity index (χ1n) is 3.94. The van der Waals surface area contributed by atoms with Crippen molar-refractivity contribution in [1.82, 2.24) is 4.98 Å². The zero-order valence-corrected chi connectivity index (χ0v) is 7.83. The maximum absolute atomic E-state index is 8.48. The van der Waals surface area contributed by atoms with Crippen molar-refractivity contribution in [1.29, 1.82) is 0 Å². The van der Waals surface area contributed by atoms with Crippen molar-refractivity contribution in [3.8, 4) is 0 Å². The molecule has 0 unspecified atom stereocenters. The quantitative estimate of drug-likeness (QED) is 0.651. The van der Waals surface area contributed by atoms with Gasteiger partial charge in [-0.3, -0.25) is 4.98 Å². The van der Waals surface area contributed by atoms with Gasteiger partial charge in [-0.05, 0) is 12.1 Å². The second-order valence-electron chi connectivity index (χ2n) is 1.48. The minimum absolute atomic E-state index is 0.0286. The molecule has 2 heteroatoms. The van der Waals surface area contributed by atoms with E-state index in [4.69, 9.17) is 5.11 Å². The van der Waals surface area contributed by atoms with Gasteiger partial charge in [0.15, 0.2) is 0 Å². The van der Waals surface area contributed by atoms with Crippen LogP contribution in [0.1, 0.15) is 19.5 Å². The molecule has 68 valence electrons. The van der Waals surface area contributed by atoms with E-state index >= 15 is 0 Å². The third-order valence-electron chi connectivity index (χ3n) is 0.888. The van der Waals surface area contributed by atoms with Crippen molar-refractivity contribution in [3.63, 3.8) is 0 Å². The minimum Gasteiger partial charge on any atom is -0.390 e. The molecule has 0 saturated heterocycles. The van der Waals surface area contributed by atoms with Crippen molar-refractivity contribution in [2.45, 2.75) is 20.5 Å². The van der Waals surface area contributed by atoms with Crippen LogP contribution < -0.4 is 0 Å². The Kier molecular flexibility index (Phi) is 14.0. The zero-order valence-electron chi connectivity index (χ0n) is 7.83. The summed E-state index contributed by atoms with van der Waals surface area (Å²) in [6.45, 7) is 10.0. The van der Waals surface area contributed by atoms with Crippen LogP contribution in [0, 0.1) is 0 Å². The number of hydrogen-bond donors (Lipinski definition) is 1. The van der Waals surface area contributed by atoms with Crippen LogP contribution in [0.15, 0.2) is 37.6 Å². The molecule has 1 rings (SSSR count). The van der Waals surface area contributed by atoms with Crippen LogP contribution in [-0.4, -0.2) is 10.1 Å². The molecule has 0 atom stereocenters. The largest absolute Gasteiger partial charge is 0.390 e. The van der Waals surface area contributed by atoms with E-state index in [-0.39, 0.29) is 6.61 Å². The van der Waals surface area contributed by atoms with Crippen LogP contribution in [0.4, 0.5) is 0 Å². The standard InChI is InChI=1S/C6H7NO.C2H6.C2H4/c8-5-6-3-1-2-4-7-6;2*1-2/h1-4,8H,5H2;1-2H3;1-2H2. The highest BCUT2D eigenvalue weighted by atomic mass is 16.3. The van der Waals surface area contributed by atoms with E-state index in [2.05, 4.69) is 18.1 Å². The Morgan fingerprint density at radius 2 is 1.92 bits per heavy atom. The number of pyridine rings is 1. The first kappa shape index (κ1) is 13.4. The van der Waals surface area contributed by atoms with Gasteiger partial charge in [-0.15, -0.1) is 13.2 Å². The van der Waals surface area contributed by atoms with Gasteiger partial charge < -0.3 is 5.11 Å². The number of aliphatic hydroxyl groups excluding tert-OH is 1. The molecule has 0 aliphatic rings. The maximum atomic E-state index is 8.48. The Morgan fingerprint density at radius 1 is 1.33 bits per heavy atom. The molecule has 0 saturated carbocycles. The molecule has 0 aromatic carbocycles. The van der Waals surface area contributed by atoms with Crippen molar-refractivity contribution in [2.24, 2.45) is 0 Å². The molecule has 2 nitrogen and oxygen atoms in total. The van der Waals surface area contributed by atoms with Gasteiger partial charge in [0.2, 0.25) is 0 Å². The summed E-state index contributed by atoms with van der Waals surface area (Å²) in [6, 6.07) is 5.44. The zero-order chi connectivity index (χ0) is 9.82. The lowest BCUT2D eigenvalue weighted by Gasteiger charge is -1.88. The lowest BCUT2D eigenvalue weighted by atomic mass is 10.4. The van der Waals surface area contributed by atoms with E-state index in [9.17, 15) is 0 Å². The molecular formula is C10H17NO. The summed E-state index contributed by atoms with van der Waals surface area (Å²) < 4.78 is 0. The molecule has 0 aliphatic carbocycles. The average Bonchev–Trinajstić information content (AvgIpc) is 2.25. The monoisotopic (exact) mass is 167 g/mol. The van der Waals surface area contributed by atoms with Gasteiger partial charge >= 0.3 is 0 Å².